The molecule has 0 N–H and O–H groups in total. The van der Waals surface area contributed by atoms with E-state index in [1.807, 2.05) is 6.07 Å². The smallest absolute Gasteiger partial charge is 0.437 e. The molecule has 3 rings (SSSR count). The largest absolute Gasteiger partial charge is 0.439 e. The van der Waals surface area contributed by atoms with E-state index < -0.39 is 6.08 Å². The van der Waals surface area contributed by atoms with Gasteiger partial charge in [0.05, 0.1) is 0 Å². The summed E-state index contributed by atoms with van der Waals surface area (Å²) in [6, 6.07) is 10.4. The summed E-state index contributed by atoms with van der Waals surface area (Å²) in [5, 5.41) is 11.0. The fourth-order valence-corrected chi connectivity index (χ4v) is 1.51. The fourth-order valence-electron chi connectivity index (χ4n) is 1.51. The van der Waals surface area contributed by atoms with Crippen LogP contribution in [0.1, 0.15) is 0 Å². The van der Waals surface area contributed by atoms with Gasteiger partial charge in [-0.25, -0.2) is 10.1 Å². The van der Waals surface area contributed by atoms with E-state index in [1.54, 1.807) is 36.5 Å². The first-order valence-corrected chi connectivity index (χ1v) is 4.98. The number of para-hydroxylation sites is 1. The standard InChI is InChI=1S/C12H7N2O3/c15-12-14-11-8(4-3-5-9(11)17-12)16-10-6-1-2-7-13-10/h1-7H. The molecule has 2 heterocycles. The van der Waals surface area contributed by atoms with Crippen LogP contribution in [0.3, 0.4) is 0 Å². The van der Waals surface area contributed by atoms with Gasteiger partial charge in [-0.3, -0.25) is 0 Å². The van der Waals surface area contributed by atoms with Crippen LogP contribution in [-0.2, 0) is 5.11 Å². The predicted molar refractivity (Wildman–Crippen MR) is 58.5 cm³/mol. The number of ether oxygens (including phenoxy) is 1. The molecule has 0 atom stereocenters. The van der Waals surface area contributed by atoms with Crippen molar-refractivity contribution in [3.63, 3.8) is 0 Å². The molecule has 3 aromatic rings. The van der Waals surface area contributed by atoms with Gasteiger partial charge < -0.3 is 9.15 Å². The van der Waals surface area contributed by atoms with Crippen LogP contribution in [0.5, 0.6) is 17.7 Å². The molecule has 0 spiro atoms. The summed E-state index contributed by atoms with van der Waals surface area (Å²) < 4.78 is 10.4. The molecule has 83 valence electrons. The summed E-state index contributed by atoms with van der Waals surface area (Å²) in [5.74, 6) is 0.891. The highest BCUT2D eigenvalue weighted by Gasteiger charge is 2.11. The van der Waals surface area contributed by atoms with Crippen LogP contribution in [0.25, 0.3) is 11.1 Å². The van der Waals surface area contributed by atoms with E-state index in [1.165, 1.54) is 0 Å². The van der Waals surface area contributed by atoms with Gasteiger partial charge in [-0.2, -0.15) is 4.98 Å². The molecule has 0 amide bonds. The minimum Gasteiger partial charge on any atom is -0.437 e. The molecule has 17 heavy (non-hydrogen) atoms. The fraction of sp³-hybridized carbons (Fsp3) is 0. The van der Waals surface area contributed by atoms with Gasteiger partial charge in [-0.05, 0) is 18.2 Å². The summed E-state index contributed by atoms with van der Waals surface area (Å²) >= 11 is 0. The number of oxazole rings is 1. The van der Waals surface area contributed by atoms with Crippen molar-refractivity contribution in [1.82, 2.24) is 9.97 Å². The normalized spacial score (nSPS) is 10.6. The highest BCUT2D eigenvalue weighted by atomic mass is 16.5. The Morgan fingerprint density at radius 3 is 2.88 bits per heavy atom. The molecule has 0 aliphatic carbocycles. The second-order valence-corrected chi connectivity index (χ2v) is 3.35. The lowest BCUT2D eigenvalue weighted by molar-refractivity contribution is 0.245. The van der Waals surface area contributed by atoms with Gasteiger partial charge in [0, 0.05) is 12.3 Å². The third kappa shape index (κ3) is 1.78. The van der Waals surface area contributed by atoms with Crippen LogP contribution >= 0.6 is 0 Å². The average Bonchev–Trinajstić information content (AvgIpc) is 2.72. The molecule has 5 nitrogen and oxygen atoms in total. The van der Waals surface area contributed by atoms with Gasteiger partial charge >= 0.3 is 6.08 Å². The Labute approximate surface area is 96.3 Å². The van der Waals surface area contributed by atoms with Gasteiger partial charge in [-0.15, -0.1) is 0 Å². The minimum absolute atomic E-state index is 0.406. The van der Waals surface area contributed by atoms with E-state index in [0.717, 1.165) is 0 Å². The van der Waals surface area contributed by atoms with Gasteiger partial charge in [0.2, 0.25) is 5.88 Å². The number of pyridine rings is 1. The molecule has 1 radical (unpaired) electrons. The second-order valence-electron chi connectivity index (χ2n) is 3.35. The van der Waals surface area contributed by atoms with Crippen molar-refractivity contribution in [3.8, 4) is 17.7 Å². The van der Waals surface area contributed by atoms with Crippen LogP contribution in [0.4, 0.5) is 0 Å². The Morgan fingerprint density at radius 1 is 1.12 bits per heavy atom. The Morgan fingerprint density at radius 2 is 2.06 bits per heavy atom. The minimum atomic E-state index is -0.628. The second kappa shape index (κ2) is 3.79. The molecule has 0 bridgehead atoms. The van der Waals surface area contributed by atoms with E-state index in [-0.39, 0.29) is 0 Å². The van der Waals surface area contributed by atoms with Crippen LogP contribution in [0.15, 0.2) is 47.0 Å². The Balaban J connectivity index is 2.06. The number of nitrogens with zero attached hydrogens (tertiary/aromatic N) is 2. The zero-order valence-corrected chi connectivity index (χ0v) is 8.66. The van der Waals surface area contributed by atoms with Gasteiger partial charge in [-0.1, -0.05) is 12.1 Å². The van der Waals surface area contributed by atoms with Crippen molar-refractivity contribution in [1.29, 1.82) is 0 Å². The zero-order valence-electron chi connectivity index (χ0n) is 8.66. The van der Waals surface area contributed by atoms with Crippen LogP contribution < -0.4 is 4.74 Å². The number of benzene rings is 1. The maximum absolute atomic E-state index is 11.0. The van der Waals surface area contributed by atoms with Gasteiger partial charge in [0.25, 0.3) is 0 Å². The number of aromatic nitrogens is 2. The van der Waals surface area contributed by atoms with Crippen molar-refractivity contribution in [2.24, 2.45) is 0 Å². The molecule has 1 aromatic carbocycles. The van der Waals surface area contributed by atoms with E-state index >= 15 is 0 Å². The average molecular weight is 227 g/mol. The third-order valence-corrected chi connectivity index (χ3v) is 2.21. The monoisotopic (exact) mass is 227 g/mol. The lowest BCUT2D eigenvalue weighted by Crippen LogP contribution is -1.87. The number of hydrogen-bond donors (Lipinski definition) is 0. The molecule has 0 fully saturated rings. The summed E-state index contributed by atoms with van der Waals surface area (Å²) in [7, 11) is 0. The summed E-state index contributed by atoms with van der Waals surface area (Å²) in [4.78, 5) is 7.76. The number of hydrogen-bond acceptors (Lipinski definition) is 4. The molecule has 0 saturated heterocycles. The number of rotatable bonds is 2. The van der Waals surface area contributed by atoms with E-state index in [9.17, 15) is 5.11 Å². The van der Waals surface area contributed by atoms with Gasteiger partial charge in [0.15, 0.2) is 16.8 Å². The first-order valence-electron chi connectivity index (χ1n) is 4.98. The maximum atomic E-state index is 11.0. The lowest BCUT2D eigenvalue weighted by atomic mass is 10.3. The first kappa shape index (κ1) is 9.65. The summed E-state index contributed by atoms with van der Waals surface area (Å²) in [5.41, 5.74) is 0.812. The highest BCUT2D eigenvalue weighted by molar-refractivity contribution is 5.80. The van der Waals surface area contributed by atoms with Crippen LogP contribution in [0, 0.1) is 0 Å². The Kier molecular flexibility index (Phi) is 2.15. The molecular formula is C12H7N2O3. The molecule has 2 aromatic heterocycles. The van der Waals surface area contributed by atoms with Crippen molar-refractivity contribution >= 4 is 11.1 Å². The van der Waals surface area contributed by atoms with E-state index in [4.69, 9.17) is 9.15 Å². The van der Waals surface area contributed by atoms with Crippen LogP contribution in [-0.4, -0.2) is 9.97 Å². The quantitative estimate of drug-likeness (QED) is 0.674. The zero-order chi connectivity index (χ0) is 11.7. The van der Waals surface area contributed by atoms with Crippen LogP contribution in [0.2, 0.25) is 0 Å². The summed E-state index contributed by atoms with van der Waals surface area (Å²) in [6.45, 7) is 0. The van der Waals surface area contributed by atoms with Crippen molar-refractivity contribution in [3.05, 3.63) is 42.6 Å². The number of fused-ring (bicyclic) bond motifs is 1. The lowest BCUT2D eigenvalue weighted by Gasteiger charge is -2.03. The van der Waals surface area contributed by atoms with Gasteiger partial charge in [0.1, 0.15) is 0 Å². The van der Waals surface area contributed by atoms with Crippen molar-refractivity contribution in [2.75, 3.05) is 0 Å². The van der Waals surface area contributed by atoms with Crippen molar-refractivity contribution in [2.45, 2.75) is 0 Å². The molecule has 0 saturated carbocycles. The van der Waals surface area contributed by atoms with E-state index in [0.29, 0.717) is 22.7 Å². The Hall–Kier alpha value is -2.56. The summed E-state index contributed by atoms with van der Waals surface area (Å²) in [6.07, 6.45) is 0.995. The third-order valence-electron chi connectivity index (χ3n) is 2.21. The topological polar surface area (TPSA) is 68.0 Å². The van der Waals surface area contributed by atoms with E-state index in [2.05, 4.69) is 9.97 Å². The predicted octanol–water partition coefficient (Wildman–Crippen LogP) is 3.16. The molecule has 5 heteroatoms. The Bertz CT molecular complexity index is 649. The van der Waals surface area contributed by atoms with Crippen molar-refractivity contribution < 1.29 is 14.3 Å². The first-order chi connectivity index (χ1) is 8.33. The maximum Gasteiger partial charge on any atom is 0.439 e. The molecule has 0 aliphatic rings. The molecule has 0 unspecified atom stereocenters. The highest BCUT2D eigenvalue weighted by Crippen LogP contribution is 2.30. The SMILES string of the molecule is [O]c1nc2c(Oc3ccccn3)cccc2o1. The molecular weight excluding hydrogens is 220 g/mol. The molecule has 0 aliphatic heterocycles.